The van der Waals surface area contributed by atoms with Crippen LogP contribution in [0.25, 0.3) is 0 Å². The number of nitriles is 1. The van der Waals surface area contributed by atoms with Crippen LogP contribution < -0.4 is 10.5 Å². The predicted octanol–water partition coefficient (Wildman–Crippen LogP) is 3.25. The van der Waals surface area contributed by atoms with E-state index in [-0.39, 0.29) is 26.9 Å². The van der Waals surface area contributed by atoms with Gasteiger partial charge < -0.3 is 5.73 Å². The number of hydrogen-bond acceptors (Lipinski definition) is 4. The first kappa shape index (κ1) is 15.4. The molecule has 0 aliphatic carbocycles. The summed E-state index contributed by atoms with van der Waals surface area (Å²) in [6.07, 6.45) is 0. The molecule has 0 heterocycles. The van der Waals surface area contributed by atoms with Crippen LogP contribution >= 0.6 is 23.2 Å². The summed E-state index contributed by atoms with van der Waals surface area (Å²) >= 11 is 11.7. The lowest BCUT2D eigenvalue weighted by molar-refractivity contribution is 0.601. The molecule has 108 valence electrons. The van der Waals surface area contributed by atoms with Gasteiger partial charge >= 0.3 is 0 Å². The first-order valence-electron chi connectivity index (χ1n) is 5.61. The number of nitrogens with two attached hydrogens (primary N) is 1. The molecule has 0 saturated heterocycles. The molecule has 0 spiro atoms. The minimum Gasteiger partial charge on any atom is -0.398 e. The van der Waals surface area contributed by atoms with Crippen molar-refractivity contribution >= 4 is 44.6 Å². The van der Waals surface area contributed by atoms with Gasteiger partial charge in [0.1, 0.15) is 4.90 Å². The zero-order valence-electron chi connectivity index (χ0n) is 10.5. The van der Waals surface area contributed by atoms with Crippen molar-refractivity contribution in [1.82, 2.24) is 0 Å². The maximum atomic E-state index is 12.3. The van der Waals surface area contributed by atoms with E-state index in [4.69, 9.17) is 34.2 Å². The molecular weight excluding hydrogens is 333 g/mol. The van der Waals surface area contributed by atoms with E-state index in [2.05, 4.69) is 4.72 Å². The minimum atomic E-state index is -3.94. The minimum absolute atomic E-state index is 0.0163. The van der Waals surface area contributed by atoms with E-state index < -0.39 is 10.0 Å². The van der Waals surface area contributed by atoms with Gasteiger partial charge in [-0.05, 0) is 36.4 Å². The Labute approximate surface area is 132 Å². The van der Waals surface area contributed by atoms with Crippen LogP contribution in [-0.2, 0) is 10.0 Å². The average Bonchev–Trinajstić information content (AvgIpc) is 2.40. The summed E-state index contributed by atoms with van der Waals surface area (Å²) in [5.74, 6) is 0. The van der Waals surface area contributed by atoms with E-state index in [0.29, 0.717) is 5.02 Å². The van der Waals surface area contributed by atoms with Gasteiger partial charge in [0.05, 0.1) is 28.0 Å². The summed E-state index contributed by atoms with van der Waals surface area (Å²) in [6, 6.07) is 10.2. The quantitative estimate of drug-likeness (QED) is 0.837. The number of nitrogens with one attached hydrogen (secondary N) is 1. The van der Waals surface area contributed by atoms with Crippen LogP contribution in [0.2, 0.25) is 10.0 Å². The lowest BCUT2D eigenvalue weighted by atomic mass is 10.2. The van der Waals surface area contributed by atoms with Gasteiger partial charge in [0.2, 0.25) is 0 Å². The van der Waals surface area contributed by atoms with Crippen molar-refractivity contribution in [1.29, 1.82) is 5.26 Å². The van der Waals surface area contributed by atoms with E-state index in [1.165, 1.54) is 36.4 Å². The molecule has 0 bridgehead atoms. The van der Waals surface area contributed by atoms with Crippen LogP contribution in [0.3, 0.4) is 0 Å². The van der Waals surface area contributed by atoms with E-state index >= 15 is 0 Å². The SMILES string of the molecule is N#Cc1ccc(Cl)c(NS(=O)(=O)c2ccc(Cl)cc2N)c1. The fourth-order valence-electron chi connectivity index (χ4n) is 1.64. The highest BCUT2D eigenvalue weighted by Crippen LogP contribution is 2.28. The van der Waals surface area contributed by atoms with Crippen LogP contribution in [0.4, 0.5) is 11.4 Å². The summed E-state index contributed by atoms with van der Waals surface area (Å²) in [5.41, 5.74) is 6.06. The van der Waals surface area contributed by atoms with E-state index in [1.54, 1.807) is 0 Å². The molecule has 21 heavy (non-hydrogen) atoms. The zero-order chi connectivity index (χ0) is 15.6. The topological polar surface area (TPSA) is 96.0 Å². The molecule has 0 radical (unpaired) electrons. The molecule has 0 saturated carbocycles. The molecule has 0 amide bonds. The lowest BCUT2D eigenvalue weighted by Gasteiger charge is -2.11. The maximum Gasteiger partial charge on any atom is 0.263 e. The Morgan fingerprint density at radius 3 is 2.48 bits per heavy atom. The molecule has 0 aromatic heterocycles. The van der Waals surface area contributed by atoms with Crippen LogP contribution in [0.15, 0.2) is 41.3 Å². The Morgan fingerprint density at radius 2 is 1.86 bits per heavy atom. The number of halogens is 2. The number of rotatable bonds is 3. The van der Waals surface area contributed by atoms with Gasteiger partial charge in [0, 0.05) is 5.02 Å². The fourth-order valence-corrected chi connectivity index (χ4v) is 3.22. The van der Waals surface area contributed by atoms with Crippen molar-refractivity contribution < 1.29 is 8.42 Å². The molecule has 0 aliphatic heterocycles. The zero-order valence-corrected chi connectivity index (χ0v) is 12.8. The van der Waals surface area contributed by atoms with E-state index in [9.17, 15) is 8.42 Å². The highest BCUT2D eigenvalue weighted by molar-refractivity contribution is 7.92. The van der Waals surface area contributed by atoms with Gasteiger partial charge in [-0.25, -0.2) is 8.42 Å². The predicted molar refractivity (Wildman–Crippen MR) is 82.8 cm³/mol. The highest BCUT2D eigenvalue weighted by atomic mass is 35.5. The summed E-state index contributed by atoms with van der Waals surface area (Å²) in [6.45, 7) is 0. The monoisotopic (exact) mass is 341 g/mol. The van der Waals surface area contributed by atoms with Crippen LogP contribution in [0.1, 0.15) is 5.56 Å². The lowest BCUT2D eigenvalue weighted by Crippen LogP contribution is -2.15. The third-order valence-corrected chi connectivity index (χ3v) is 4.61. The molecule has 0 fully saturated rings. The van der Waals surface area contributed by atoms with Crippen LogP contribution in [0, 0.1) is 11.3 Å². The molecule has 0 unspecified atom stereocenters. The second-order valence-electron chi connectivity index (χ2n) is 4.09. The standard InChI is InChI=1S/C13H9Cl2N3O2S/c14-9-2-4-13(11(17)6-9)21(19,20)18-12-5-8(7-16)1-3-10(12)15/h1-6,18H,17H2. The molecule has 2 rings (SSSR count). The average molecular weight is 342 g/mol. The van der Waals surface area contributed by atoms with Crippen molar-refractivity contribution in [2.75, 3.05) is 10.5 Å². The van der Waals surface area contributed by atoms with Gasteiger partial charge in [-0.3, -0.25) is 4.72 Å². The van der Waals surface area contributed by atoms with Gasteiger partial charge in [0.25, 0.3) is 10.0 Å². The summed E-state index contributed by atoms with van der Waals surface area (Å²) in [4.78, 5) is -0.120. The fraction of sp³-hybridized carbons (Fsp3) is 0. The molecule has 0 atom stereocenters. The Balaban J connectivity index is 2.45. The molecule has 2 aromatic carbocycles. The van der Waals surface area contributed by atoms with E-state index in [1.807, 2.05) is 6.07 Å². The maximum absolute atomic E-state index is 12.3. The Morgan fingerprint density at radius 1 is 1.14 bits per heavy atom. The largest absolute Gasteiger partial charge is 0.398 e. The van der Waals surface area contributed by atoms with Gasteiger partial charge in [-0.1, -0.05) is 23.2 Å². The van der Waals surface area contributed by atoms with Gasteiger partial charge in [-0.2, -0.15) is 5.26 Å². The summed E-state index contributed by atoms with van der Waals surface area (Å²) < 4.78 is 26.9. The Hall–Kier alpha value is -1.94. The van der Waals surface area contributed by atoms with Gasteiger partial charge in [0.15, 0.2) is 0 Å². The number of hydrogen-bond donors (Lipinski definition) is 2. The summed E-state index contributed by atoms with van der Waals surface area (Å²) in [5, 5.41) is 9.34. The first-order chi connectivity index (χ1) is 9.83. The smallest absolute Gasteiger partial charge is 0.263 e. The summed E-state index contributed by atoms with van der Waals surface area (Å²) in [7, 11) is -3.94. The molecule has 2 aromatic rings. The second kappa shape index (κ2) is 5.82. The number of anilines is 2. The molecule has 5 nitrogen and oxygen atoms in total. The molecule has 0 aliphatic rings. The van der Waals surface area contributed by atoms with Crippen LogP contribution in [0.5, 0.6) is 0 Å². The van der Waals surface area contributed by atoms with Crippen molar-refractivity contribution in [3.05, 3.63) is 52.0 Å². The first-order valence-corrected chi connectivity index (χ1v) is 7.85. The Kier molecular flexibility index (Phi) is 4.28. The molecule has 8 heteroatoms. The van der Waals surface area contributed by atoms with Crippen molar-refractivity contribution in [2.24, 2.45) is 0 Å². The number of nitrogen functional groups attached to an aromatic ring is 1. The number of benzene rings is 2. The number of sulfonamides is 1. The van der Waals surface area contributed by atoms with Crippen LogP contribution in [-0.4, -0.2) is 8.42 Å². The third kappa shape index (κ3) is 3.39. The third-order valence-electron chi connectivity index (χ3n) is 2.60. The van der Waals surface area contributed by atoms with Crippen molar-refractivity contribution in [3.8, 4) is 6.07 Å². The normalized spacial score (nSPS) is 10.9. The van der Waals surface area contributed by atoms with Crippen molar-refractivity contribution in [3.63, 3.8) is 0 Å². The van der Waals surface area contributed by atoms with Gasteiger partial charge in [-0.15, -0.1) is 0 Å². The number of nitrogens with zero attached hydrogens (tertiary/aromatic N) is 1. The molecule has 3 N–H and O–H groups in total. The highest BCUT2D eigenvalue weighted by Gasteiger charge is 2.19. The Bertz CT molecular complexity index is 845. The van der Waals surface area contributed by atoms with E-state index in [0.717, 1.165) is 0 Å². The van der Waals surface area contributed by atoms with Crippen molar-refractivity contribution in [2.45, 2.75) is 4.90 Å². The second-order valence-corrected chi connectivity index (χ2v) is 6.59. The molecular formula is C13H9Cl2N3O2S.